The molecule has 0 aromatic heterocycles. The molecule has 2 aromatic rings. The van der Waals surface area contributed by atoms with Crippen LogP contribution in [0.3, 0.4) is 0 Å². The summed E-state index contributed by atoms with van der Waals surface area (Å²) < 4.78 is 12.4. The third-order valence-electron chi connectivity index (χ3n) is 8.46. The number of fused-ring (bicyclic) bond motifs is 3. The van der Waals surface area contributed by atoms with E-state index in [-0.39, 0.29) is 17.9 Å². The number of hydrogen-bond donors (Lipinski definition) is 2. The molecule has 1 atom stereocenters. The average molecular weight is 494 g/mol. The molecule has 4 aliphatic heterocycles. The normalized spacial score (nSPS) is 26.4. The van der Waals surface area contributed by atoms with E-state index in [0.717, 1.165) is 56.3 Å². The Balaban J connectivity index is 1.26. The summed E-state index contributed by atoms with van der Waals surface area (Å²) in [6.07, 6.45) is 3.31. The van der Waals surface area contributed by atoms with Crippen LogP contribution in [-0.4, -0.2) is 73.5 Å². The topological polar surface area (TPSA) is 84.9 Å². The van der Waals surface area contributed by atoms with E-state index in [0.29, 0.717) is 36.8 Å². The van der Waals surface area contributed by atoms with E-state index in [4.69, 9.17) is 9.47 Å². The van der Waals surface area contributed by atoms with Crippen LogP contribution in [0.5, 0.6) is 0 Å². The van der Waals surface area contributed by atoms with Gasteiger partial charge >= 0.3 is 5.97 Å². The minimum absolute atomic E-state index is 0.0493. The molecule has 4 fully saturated rings. The molecule has 2 bridgehead atoms. The van der Waals surface area contributed by atoms with Gasteiger partial charge in [-0.1, -0.05) is 60.7 Å². The lowest BCUT2D eigenvalue weighted by atomic mass is 9.82. The van der Waals surface area contributed by atoms with Crippen molar-refractivity contribution >= 4 is 11.9 Å². The van der Waals surface area contributed by atoms with Crippen LogP contribution in [-0.2, 0) is 24.7 Å². The van der Waals surface area contributed by atoms with Crippen LogP contribution in [0.4, 0.5) is 0 Å². The van der Waals surface area contributed by atoms with Crippen molar-refractivity contribution in [3.05, 3.63) is 71.8 Å². The number of carbonyl (C=O) groups is 2. The molecular weight excluding hydrogens is 456 g/mol. The summed E-state index contributed by atoms with van der Waals surface area (Å²) in [6.45, 7) is 5.57. The highest BCUT2D eigenvalue weighted by Crippen LogP contribution is 2.38. The van der Waals surface area contributed by atoms with Gasteiger partial charge in [-0.2, -0.15) is 0 Å². The van der Waals surface area contributed by atoms with Crippen molar-refractivity contribution < 1.29 is 28.7 Å². The summed E-state index contributed by atoms with van der Waals surface area (Å²) >= 11 is 0. The van der Waals surface area contributed by atoms with Crippen molar-refractivity contribution in [2.24, 2.45) is 11.8 Å². The number of quaternary nitrogens is 1. The number of carbonyl (C=O) groups excluding carboxylic acids is 2. The molecule has 7 nitrogen and oxygen atoms in total. The van der Waals surface area contributed by atoms with Gasteiger partial charge < -0.3 is 24.4 Å². The molecule has 0 radical (unpaired) electrons. The van der Waals surface area contributed by atoms with Gasteiger partial charge in [0.2, 0.25) is 11.5 Å². The highest BCUT2D eigenvalue weighted by atomic mass is 16.6. The van der Waals surface area contributed by atoms with Crippen LogP contribution in [0.1, 0.15) is 36.8 Å². The van der Waals surface area contributed by atoms with Crippen LogP contribution in [0.2, 0.25) is 0 Å². The van der Waals surface area contributed by atoms with Crippen LogP contribution >= 0.6 is 0 Å². The average Bonchev–Trinajstić information content (AvgIpc) is 2.94. The molecule has 4 aliphatic rings. The first-order valence-electron chi connectivity index (χ1n) is 13.3. The molecule has 7 heteroatoms. The van der Waals surface area contributed by atoms with Crippen molar-refractivity contribution in [3.63, 3.8) is 0 Å². The Morgan fingerprint density at radius 2 is 1.53 bits per heavy atom. The second-order valence-corrected chi connectivity index (χ2v) is 10.6. The Labute approximate surface area is 213 Å². The minimum atomic E-state index is -1.86. The molecule has 192 valence electrons. The molecule has 0 unspecified atom stereocenters. The van der Waals surface area contributed by atoms with E-state index >= 15 is 0 Å². The Kier molecular flexibility index (Phi) is 7.42. The van der Waals surface area contributed by atoms with Gasteiger partial charge in [-0.25, -0.2) is 4.79 Å². The standard InChI is InChI=1S/C29H36N2O5/c32-27(23-13-19-35-20-14-23)30-15-18-31-16-11-22(12-17-31)26(21-31)36-28(33)29(34,24-7-3-1-4-8-24)25-9-5-2-6-10-25/h1-10,22-23,26,34H,11-21H2/p+1/t22?,26-,31?/m0/s1. The zero-order valence-corrected chi connectivity index (χ0v) is 20.8. The monoisotopic (exact) mass is 493 g/mol. The predicted octanol–water partition coefficient (Wildman–Crippen LogP) is 2.62. The second kappa shape index (κ2) is 10.7. The Morgan fingerprint density at radius 3 is 2.11 bits per heavy atom. The van der Waals surface area contributed by atoms with Crippen LogP contribution < -0.4 is 5.32 Å². The van der Waals surface area contributed by atoms with Crippen molar-refractivity contribution in [2.45, 2.75) is 37.4 Å². The summed E-state index contributed by atoms with van der Waals surface area (Å²) in [4.78, 5) is 26.2. The van der Waals surface area contributed by atoms with Gasteiger partial charge in [0.1, 0.15) is 6.54 Å². The van der Waals surface area contributed by atoms with Crippen LogP contribution in [0.15, 0.2) is 60.7 Å². The molecule has 4 heterocycles. The molecule has 0 saturated carbocycles. The zero-order valence-electron chi connectivity index (χ0n) is 20.8. The Bertz CT molecular complexity index is 991. The van der Waals surface area contributed by atoms with Crippen molar-refractivity contribution in [1.82, 2.24) is 5.32 Å². The molecule has 4 saturated heterocycles. The summed E-state index contributed by atoms with van der Waals surface area (Å²) in [7, 11) is 0. The smallest absolute Gasteiger partial charge is 0.348 e. The minimum Gasteiger partial charge on any atom is -0.453 e. The number of esters is 1. The molecule has 2 aromatic carbocycles. The molecule has 0 aliphatic carbocycles. The van der Waals surface area contributed by atoms with E-state index in [2.05, 4.69) is 5.32 Å². The molecule has 2 N–H and O–H groups in total. The van der Waals surface area contributed by atoms with E-state index in [1.54, 1.807) is 24.3 Å². The fourth-order valence-corrected chi connectivity index (χ4v) is 6.17. The van der Waals surface area contributed by atoms with Gasteiger partial charge in [0.15, 0.2) is 6.10 Å². The van der Waals surface area contributed by atoms with E-state index in [1.165, 1.54) is 0 Å². The van der Waals surface area contributed by atoms with E-state index in [9.17, 15) is 14.7 Å². The molecule has 6 rings (SSSR count). The van der Waals surface area contributed by atoms with Gasteiger partial charge in [0.05, 0.1) is 26.2 Å². The third kappa shape index (κ3) is 5.05. The number of piperidine rings is 3. The lowest BCUT2D eigenvalue weighted by Crippen LogP contribution is -2.66. The molecular formula is C29H37N2O5+. The van der Waals surface area contributed by atoms with Gasteiger partial charge in [0.25, 0.3) is 0 Å². The second-order valence-electron chi connectivity index (χ2n) is 10.6. The number of nitrogens with one attached hydrogen (secondary N) is 1. The van der Waals surface area contributed by atoms with Crippen LogP contribution in [0, 0.1) is 11.8 Å². The first-order valence-corrected chi connectivity index (χ1v) is 13.3. The van der Waals surface area contributed by atoms with Crippen LogP contribution in [0.25, 0.3) is 0 Å². The van der Waals surface area contributed by atoms with Gasteiger partial charge in [-0.05, 0) is 24.0 Å². The highest BCUT2D eigenvalue weighted by molar-refractivity contribution is 5.85. The summed E-state index contributed by atoms with van der Waals surface area (Å²) in [5.41, 5.74) is -0.860. The quantitative estimate of drug-likeness (QED) is 0.436. The van der Waals surface area contributed by atoms with Gasteiger partial charge in [0, 0.05) is 37.9 Å². The summed E-state index contributed by atoms with van der Waals surface area (Å²) in [5.74, 6) is -0.137. The number of amides is 1. The first kappa shape index (κ1) is 24.9. The summed E-state index contributed by atoms with van der Waals surface area (Å²) in [6, 6.07) is 18.1. The van der Waals surface area contributed by atoms with Crippen molar-refractivity contribution in [3.8, 4) is 0 Å². The predicted molar refractivity (Wildman–Crippen MR) is 135 cm³/mol. The highest BCUT2D eigenvalue weighted by Gasteiger charge is 2.50. The lowest BCUT2D eigenvalue weighted by molar-refractivity contribution is -0.945. The van der Waals surface area contributed by atoms with Gasteiger partial charge in [-0.3, -0.25) is 4.79 Å². The SMILES string of the molecule is O=C(NCC[N+]12CCC(CC1)[C@@H](OC(=O)C(O)(c1ccccc1)c1ccccc1)C2)C1CCOCC1. The number of ether oxygens (including phenoxy) is 2. The maximum Gasteiger partial charge on any atom is 0.348 e. The fraction of sp³-hybridized carbons (Fsp3) is 0.517. The van der Waals surface area contributed by atoms with Crippen molar-refractivity contribution in [2.75, 3.05) is 45.9 Å². The Morgan fingerprint density at radius 1 is 0.944 bits per heavy atom. The fourth-order valence-electron chi connectivity index (χ4n) is 6.17. The third-order valence-corrected chi connectivity index (χ3v) is 8.46. The largest absolute Gasteiger partial charge is 0.453 e. The number of hydrogen-bond acceptors (Lipinski definition) is 5. The molecule has 36 heavy (non-hydrogen) atoms. The lowest BCUT2D eigenvalue weighted by Gasteiger charge is -2.52. The summed E-state index contributed by atoms with van der Waals surface area (Å²) in [5, 5.41) is 14.9. The zero-order chi connectivity index (χ0) is 25.0. The number of aliphatic hydroxyl groups is 1. The number of nitrogens with zero attached hydrogens (tertiary/aromatic N) is 1. The van der Waals surface area contributed by atoms with Gasteiger partial charge in [-0.15, -0.1) is 0 Å². The number of rotatable bonds is 8. The van der Waals surface area contributed by atoms with E-state index in [1.807, 2.05) is 36.4 Å². The maximum atomic E-state index is 13.6. The van der Waals surface area contributed by atoms with E-state index < -0.39 is 11.6 Å². The molecule has 1 amide bonds. The molecule has 0 spiro atoms. The Hall–Kier alpha value is -2.74. The van der Waals surface area contributed by atoms with Crippen molar-refractivity contribution in [1.29, 1.82) is 0 Å². The maximum absolute atomic E-state index is 13.6. The number of benzene rings is 2. The first-order chi connectivity index (χ1) is 17.5.